The third kappa shape index (κ3) is 3.90. The van der Waals surface area contributed by atoms with E-state index in [-0.39, 0.29) is 18.1 Å². The Kier molecular flexibility index (Phi) is 5.41. The summed E-state index contributed by atoms with van der Waals surface area (Å²) >= 11 is 0. The average molecular weight is 332 g/mol. The summed E-state index contributed by atoms with van der Waals surface area (Å²) in [6, 6.07) is 8.56. The molecular weight excluding hydrogens is 304 g/mol. The van der Waals surface area contributed by atoms with Crippen molar-refractivity contribution in [1.29, 1.82) is 0 Å². The first-order chi connectivity index (χ1) is 11.6. The van der Waals surface area contributed by atoms with Gasteiger partial charge in [0.25, 0.3) is 0 Å². The maximum atomic E-state index is 12.7. The van der Waals surface area contributed by atoms with Crippen molar-refractivity contribution >= 4 is 5.91 Å². The van der Waals surface area contributed by atoms with Crippen molar-refractivity contribution < 1.29 is 14.3 Å². The number of likely N-dealkylation sites (tertiary alicyclic amines) is 1. The van der Waals surface area contributed by atoms with Crippen LogP contribution in [-0.4, -0.2) is 61.2 Å². The van der Waals surface area contributed by atoms with Crippen molar-refractivity contribution in [2.24, 2.45) is 0 Å². The van der Waals surface area contributed by atoms with E-state index in [2.05, 4.69) is 17.0 Å². The number of rotatable bonds is 4. The number of ether oxygens (including phenoxy) is 2. The minimum absolute atomic E-state index is 0.119. The molecule has 1 aromatic carbocycles. The first-order valence-corrected chi connectivity index (χ1v) is 8.88. The molecule has 0 aliphatic carbocycles. The first-order valence-electron chi connectivity index (χ1n) is 8.88. The van der Waals surface area contributed by atoms with Gasteiger partial charge in [0.1, 0.15) is 5.75 Å². The molecule has 3 atom stereocenters. The van der Waals surface area contributed by atoms with Crippen LogP contribution < -0.4 is 4.74 Å². The Balaban J connectivity index is 1.63. The molecule has 0 spiro atoms. The average Bonchev–Trinajstić information content (AvgIpc) is 3.02. The maximum Gasteiger partial charge on any atom is 0.236 e. The molecule has 5 heteroatoms. The summed E-state index contributed by atoms with van der Waals surface area (Å²) in [5, 5.41) is 0. The summed E-state index contributed by atoms with van der Waals surface area (Å²) < 4.78 is 11.0. The van der Waals surface area contributed by atoms with E-state index in [1.807, 2.05) is 30.9 Å². The predicted octanol–water partition coefficient (Wildman–Crippen LogP) is 2.47. The number of methoxy groups -OCH3 is 1. The lowest BCUT2D eigenvalue weighted by Gasteiger charge is -2.36. The molecule has 0 N–H and O–H groups in total. The van der Waals surface area contributed by atoms with Crippen LogP contribution >= 0.6 is 0 Å². The minimum atomic E-state index is 0.119. The van der Waals surface area contributed by atoms with Crippen LogP contribution in [0.25, 0.3) is 0 Å². The Morgan fingerprint density at radius 2 is 1.88 bits per heavy atom. The van der Waals surface area contributed by atoms with Crippen molar-refractivity contribution in [1.82, 2.24) is 9.80 Å². The molecule has 1 amide bonds. The van der Waals surface area contributed by atoms with Gasteiger partial charge in [0, 0.05) is 19.1 Å². The normalized spacial score (nSPS) is 28.1. The summed E-state index contributed by atoms with van der Waals surface area (Å²) in [7, 11) is 1.68. The van der Waals surface area contributed by atoms with Crippen LogP contribution in [0, 0.1) is 0 Å². The molecule has 0 aromatic heterocycles. The molecule has 132 valence electrons. The van der Waals surface area contributed by atoms with E-state index < -0.39 is 0 Å². The van der Waals surface area contributed by atoms with Crippen LogP contribution in [-0.2, 0) is 9.53 Å². The number of morpholine rings is 1. The molecule has 2 saturated heterocycles. The number of hydrogen-bond acceptors (Lipinski definition) is 4. The van der Waals surface area contributed by atoms with E-state index in [1.54, 1.807) is 7.11 Å². The van der Waals surface area contributed by atoms with Gasteiger partial charge in [-0.25, -0.2) is 0 Å². The molecule has 0 saturated carbocycles. The van der Waals surface area contributed by atoms with Gasteiger partial charge in [-0.15, -0.1) is 0 Å². The number of benzene rings is 1. The summed E-state index contributed by atoms with van der Waals surface area (Å²) in [6.45, 7) is 6.94. The highest BCUT2D eigenvalue weighted by atomic mass is 16.5. The molecule has 2 aliphatic rings. The lowest BCUT2D eigenvalue weighted by molar-refractivity contribution is -0.144. The fraction of sp³-hybridized carbons (Fsp3) is 0.632. The van der Waals surface area contributed by atoms with E-state index in [0.29, 0.717) is 25.7 Å². The largest absolute Gasteiger partial charge is 0.497 e. The molecule has 24 heavy (non-hydrogen) atoms. The molecule has 2 aliphatic heterocycles. The van der Waals surface area contributed by atoms with Crippen LogP contribution in [0.3, 0.4) is 0 Å². The second-order valence-electron chi connectivity index (χ2n) is 6.96. The molecule has 1 aromatic rings. The topological polar surface area (TPSA) is 42.0 Å². The van der Waals surface area contributed by atoms with Crippen molar-refractivity contribution in [3.63, 3.8) is 0 Å². The highest BCUT2D eigenvalue weighted by Gasteiger charge is 2.31. The highest BCUT2D eigenvalue weighted by molar-refractivity contribution is 5.78. The van der Waals surface area contributed by atoms with Gasteiger partial charge < -0.3 is 14.4 Å². The zero-order valence-corrected chi connectivity index (χ0v) is 14.9. The highest BCUT2D eigenvalue weighted by Crippen LogP contribution is 2.32. The van der Waals surface area contributed by atoms with Crippen molar-refractivity contribution in [3.8, 4) is 5.75 Å². The SMILES string of the molecule is COc1ccc(C2CCCN2CC(=O)N2CC(C)OC(C)C2)cc1. The van der Waals surface area contributed by atoms with Gasteiger partial charge in [-0.05, 0) is 50.9 Å². The Morgan fingerprint density at radius 1 is 1.21 bits per heavy atom. The number of carbonyl (C=O) groups excluding carboxylic acids is 1. The van der Waals surface area contributed by atoms with E-state index in [0.717, 1.165) is 25.1 Å². The van der Waals surface area contributed by atoms with Gasteiger partial charge in [-0.2, -0.15) is 0 Å². The molecule has 3 rings (SSSR count). The molecule has 3 unspecified atom stereocenters. The van der Waals surface area contributed by atoms with Crippen LogP contribution in [0.15, 0.2) is 24.3 Å². The Hall–Kier alpha value is -1.59. The summed E-state index contributed by atoms with van der Waals surface area (Å²) in [5.41, 5.74) is 1.27. The second kappa shape index (κ2) is 7.53. The van der Waals surface area contributed by atoms with Crippen LogP contribution in [0.2, 0.25) is 0 Å². The smallest absolute Gasteiger partial charge is 0.236 e. The fourth-order valence-electron chi connectivity index (χ4n) is 3.87. The predicted molar refractivity (Wildman–Crippen MR) is 93.1 cm³/mol. The van der Waals surface area contributed by atoms with E-state index in [1.165, 1.54) is 5.56 Å². The monoisotopic (exact) mass is 332 g/mol. The molecule has 0 radical (unpaired) electrons. The zero-order valence-electron chi connectivity index (χ0n) is 14.9. The van der Waals surface area contributed by atoms with Gasteiger partial charge in [0.15, 0.2) is 0 Å². The summed E-state index contributed by atoms with van der Waals surface area (Å²) in [6.07, 6.45) is 2.48. The van der Waals surface area contributed by atoms with Gasteiger partial charge >= 0.3 is 0 Å². The molecule has 5 nitrogen and oxygen atoms in total. The Labute approximate surface area is 144 Å². The van der Waals surface area contributed by atoms with Crippen LogP contribution in [0.5, 0.6) is 5.75 Å². The van der Waals surface area contributed by atoms with E-state index in [9.17, 15) is 4.79 Å². The zero-order chi connectivity index (χ0) is 17.1. The third-order valence-electron chi connectivity index (χ3n) is 4.97. The lowest BCUT2D eigenvalue weighted by atomic mass is 10.0. The number of nitrogens with zero attached hydrogens (tertiary/aromatic N) is 2. The van der Waals surface area contributed by atoms with Crippen molar-refractivity contribution in [3.05, 3.63) is 29.8 Å². The van der Waals surface area contributed by atoms with Crippen molar-refractivity contribution in [2.75, 3.05) is 33.3 Å². The molecule has 0 bridgehead atoms. The van der Waals surface area contributed by atoms with Crippen LogP contribution in [0.4, 0.5) is 0 Å². The molecule has 2 fully saturated rings. The summed E-state index contributed by atoms with van der Waals surface area (Å²) in [4.78, 5) is 17.0. The van der Waals surface area contributed by atoms with Crippen LogP contribution in [0.1, 0.15) is 38.3 Å². The lowest BCUT2D eigenvalue weighted by Crippen LogP contribution is -2.51. The number of carbonyl (C=O) groups is 1. The maximum absolute atomic E-state index is 12.7. The standard InChI is InChI=1S/C19H28N2O3/c1-14-11-21(12-15(2)24-14)19(22)13-20-10-4-5-18(20)16-6-8-17(23-3)9-7-16/h6-9,14-15,18H,4-5,10-13H2,1-3H3. The molecule has 2 heterocycles. The molecular formula is C19H28N2O3. The fourth-order valence-corrected chi connectivity index (χ4v) is 3.87. The van der Waals surface area contributed by atoms with E-state index in [4.69, 9.17) is 9.47 Å². The third-order valence-corrected chi connectivity index (χ3v) is 4.97. The summed E-state index contributed by atoms with van der Waals surface area (Å²) in [5.74, 6) is 1.09. The Morgan fingerprint density at radius 3 is 2.50 bits per heavy atom. The first kappa shape index (κ1) is 17.2. The quantitative estimate of drug-likeness (QED) is 0.849. The second-order valence-corrected chi connectivity index (χ2v) is 6.96. The van der Waals surface area contributed by atoms with Gasteiger partial charge in [-0.1, -0.05) is 12.1 Å². The minimum Gasteiger partial charge on any atom is -0.497 e. The van der Waals surface area contributed by atoms with Gasteiger partial charge in [0.2, 0.25) is 5.91 Å². The number of hydrogen-bond donors (Lipinski definition) is 0. The van der Waals surface area contributed by atoms with Gasteiger partial charge in [-0.3, -0.25) is 9.69 Å². The van der Waals surface area contributed by atoms with Gasteiger partial charge in [0.05, 0.1) is 25.9 Å². The van der Waals surface area contributed by atoms with Crippen molar-refractivity contribution in [2.45, 2.75) is 44.9 Å². The number of amides is 1. The van der Waals surface area contributed by atoms with E-state index >= 15 is 0 Å². The Bertz CT molecular complexity index is 550.